The maximum Gasteiger partial charge on any atom is 0.147 e. The number of nitrogens with two attached hydrogens (primary N) is 1. The van der Waals surface area contributed by atoms with Gasteiger partial charge in [0.15, 0.2) is 0 Å². The summed E-state index contributed by atoms with van der Waals surface area (Å²) >= 11 is 0. The fraction of sp³-hybridized carbons (Fsp3) is 0.500. The Kier molecular flexibility index (Phi) is 5.76. The molecule has 19 heavy (non-hydrogen) atoms. The van der Waals surface area contributed by atoms with Crippen molar-refractivity contribution in [3.63, 3.8) is 0 Å². The number of nitrogens with one attached hydrogen (secondary N) is 1. The molecule has 0 bridgehead atoms. The van der Waals surface area contributed by atoms with Crippen LogP contribution < -0.4 is 10.6 Å². The molecule has 4 nitrogen and oxygen atoms in total. The Morgan fingerprint density at radius 3 is 2.63 bits per heavy atom. The van der Waals surface area contributed by atoms with Crippen molar-refractivity contribution in [2.24, 2.45) is 11.7 Å². The van der Waals surface area contributed by atoms with Gasteiger partial charge < -0.3 is 15.4 Å². The number of ether oxygens (including phenoxy) is 1. The van der Waals surface area contributed by atoms with Crippen molar-refractivity contribution in [1.29, 1.82) is 5.41 Å². The number of benzene rings is 1. The molecule has 0 fully saturated rings. The number of methoxy groups -OCH3 is 1. The minimum Gasteiger partial charge on any atom is -0.384 e. The molecule has 0 aliphatic rings. The first-order valence-electron chi connectivity index (χ1n) is 6.33. The summed E-state index contributed by atoms with van der Waals surface area (Å²) in [7, 11) is 1.63. The van der Waals surface area contributed by atoms with E-state index in [2.05, 4.69) is 13.8 Å². The van der Waals surface area contributed by atoms with Crippen LogP contribution in [0.5, 0.6) is 0 Å². The lowest BCUT2D eigenvalue weighted by Crippen LogP contribution is -2.31. The minimum absolute atomic E-state index is 0.127. The third-order valence-corrected chi connectivity index (χ3v) is 2.75. The van der Waals surface area contributed by atoms with Gasteiger partial charge in [0.1, 0.15) is 11.7 Å². The highest BCUT2D eigenvalue weighted by atomic mass is 19.1. The van der Waals surface area contributed by atoms with E-state index in [0.717, 1.165) is 6.54 Å². The van der Waals surface area contributed by atoms with Gasteiger partial charge in [-0.3, -0.25) is 5.41 Å². The molecule has 106 valence electrons. The molecule has 5 heteroatoms. The van der Waals surface area contributed by atoms with Crippen molar-refractivity contribution in [2.75, 3.05) is 31.7 Å². The van der Waals surface area contributed by atoms with E-state index in [4.69, 9.17) is 15.9 Å². The van der Waals surface area contributed by atoms with Crippen LogP contribution in [-0.2, 0) is 4.74 Å². The maximum absolute atomic E-state index is 14.1. The third kappa shape index (κ3) is 4.52. The minimum atomic E-state index is -0.357. The monoisotopic (exact) mass is 267 g/mol. The first-order chi connectivity index (χ1) is 8.95. The molecule has 0 amide bonds. The average molecular weight is 267 g/mol. The van der Waals surface area contributed by atoms with Gasteiger partial charge in [0.25, 0.3) is 0 Å². The molecule has 0 saturated heterocycles. The fourth-order valence-electron chi connectivity index (χ4n) is 1.88. The molecular weight excluding hydrogens is 245 g/mol. The molecule has 0 aromatic heterocycles. The Labute approximate surface area is 113 Å². The molecule has 0 saturated carbocycles. The Hall–Kier alpha value is -1.62. The van der Waals surface area contributed by atoms with Crippen LogP contribution in [0.1, 0.15) is 19.4 Å². The number of hydrogen-bond acceptors (Lipinski definition) is 3. The van der Waals surface area contributed by atoms with E-state index in [9.17, 15) is 4.39 Å². The molecule has 0 radical (unpaired) electrons. The molecule has 1 aromatic rings. The largest absolute Gasteiger partial charge is 0.384 e. The molecule has 1 aromatic carbocycles. The summed E-state index contributed by atoms with van der Waals surface area (Å²) in [6.45, 7) is 6.09. The zero-order valence-corrected chi connectivity index (χ0v) is 11.7. The molecule has 1 rings (SSSR count). The van der Waals surface area contributed by atoms with Crippen molar-refractivity contribution in [3.8, 4) is 0 Å². The smallest absolute Gasteiger partial charge is 0.147 e. The summed E-state index contributed by atoms with van der Waals surface area (Å²) in [5, 5.41) is 7.31. The van der Waals surface area contributed by atoms with E-state index in [-0.39, 0.29) is 11.7 Å². The maximum atomic E-state index is 14.1. The summed E-state index contributed by atoms with van der Waals surface area (Å²) in [5.74, 6) is -0.0639. The van der Waals surface area contributed by atoms with E-state index < -0.39 is 0 Å². The summed E-state index contributed by atoms with van der Waals surface area (Å²) in [4.78, 5) is 1.95. The Balaban J connectivity index is 2.97. The topological polar surface area (TPSA) is 62.3 Å². The lowest BCUT2D eigenvalue weighted by molar-refractivity contribution is 0.204. The van der Waals surface area contributed by atoms with Gasteiger partial charge in [0.2, 0.25) is 0 Å². The second kappa shape index (κ2) is 7.09. The zero-order chi connectivity index (χ0) is 14.4. The highest BCUT2D eigenvalue weighted by Gasteiger charge is 2.14. The summed E-state index contributed by atoms with van der Waals surface area (Å²) in [6.07, 6.45) is 0. The normalized spacial score (nSPS) is 10.8. The van der Waals surface area contributed by atoms with Crippen LogP contribution in [0.2, 0.25) is 0 Å². The SMILES string of the molecule is COCCN(CC(C)C)c1ccc(C(=N)N)cc1F. The van der Waals surface area contributed by atoms with E-state index >= 15 is 0 Å². The van der Waals surface area contributed by atoms with Crippen LogP contribution in [0.25, 0.3) is 0 Å². The molecular formula is C14H22FN3O. The summed E-state index contributed by atoms with van der Waals surface area (Å²) < 4.78 is 19.2. The van der Waals surface area contributed by atoms with Crippen LogP contribution in [0.15, 0.2) is 18.2 Å². The molecule has 0 heterocycles. The van der Waals surface area contributed by atoms with E-state index in [1.165, 1.54) is 6.07 Å². The standard InChI is InChI=1S/C14H22FN3O/c1-10(2)9-18(6-7-19-3)13-5-4-11(14(16)17)8-12(13)15/h4-5,8,10H,6-7,9H2,1-3H3,(H3,16,17). The van der Waals surface area contributed by atoms with Crippen LogP contribution >= 0.6 is 0 Å². The molecule has 0 aliphatic carbocycles. The van der Waals surface area contributed by atoms with Gasteiger partial charge in [-0.1, -0.05) is 13.8 Å². The number of hydrogen-bond donors (Lipinski definition) is 2. The first-order valence-corrected chi connectivity index (χ1v) is 6.33. The van der Waals surface area contributed by atoms with Gasteiger partial charge in [-0.05, 0) is 24.1 Å². The number of nitrogens with zero attached hydrogens (tertiary/aromatic N) is 1. The van der Waals surface area contributed by atoms with Crippen molar-refractivity contribution in [3.05, 3.63) is 29.6 Å². The summed E-state index contributed by atoms with van der Waals surface area (Å²) in [5.41, 5.74) is 6.28. The van der Waals surface area contributed by atoms with Gasteiger partial charge >= 0.3 is 0 Å². The van der Waals surface area contributed by atoms with Gasteiger partial charge in [-0.25, -0.2) is 4.39 Å². The Morgan fingerprint density at radius 2 is 2.16 bits per heavy atom. The molecule has 0 spiro atoms. The quantitative estimate of drug-likeness (QED) is 0.588. The van der Waals surface area contributed by atoms with Crippen LogP contribution in [0.4, 0.5) is 10.1 Å². The number of rotatable bonds is 7. The second-order valence-electron chi connectivity index (χ2n) is 4.91. The lowest BCUT2D eigenvalue weighted by atomic mass is 10.1. The highest BCUT2D eigenvalue weighted by Crippen LogP contribution is 2.21. The van der Waals surface area contributed by atoms with Crippen molar-refractivity contribution in [2.45, 2.75) is 13.8 Å². The molecule has 0 atom stereocenters. The second-order valence-corrected chi connectivity index (χ2v) is 4.91. The fourth-order valence-corrected chi connectivity index (χ4v) is 1.88. The average Bonchev–Trinajstić information content (AvgIpc) is 2.34. The van der Waals surface area contributed by atoms with E-state index in [1.54, 1.807) is 19.2 Å². The highest BCUT2D eigenvalue weighted by molar-refractivity contribution is 5.95. The van der Waals surface area contributed by atoms with Crippen molar-refractivity contribution in [1.82, 2.24) is 0 Å². The van der Waals surface area contributed by atoms with Gasteiger partial charge in [0.05, 0.1) is 12.3 Å². The Bertz CT molecular complexity index is 435. The first kappa shape index (κ1) is 15.4. The van der Waals surface area contributed by atoms with E-state index in [0.29, 0.717) is 30.3 Å². The van der Waals surface area contributed by atoms with Gasteiger partial charge in [-0.15, -0.1) is 0 Å². The Morgan fingerprint density at radius 1 is 1.47 bits per heavy atom. The number of nitrogen functional groups attached to an aromatic ring is 1. The van der Waals surface area contributed by atoms with E-state index in [1.807, 2.05) is 4.90 Å². The number of amidine groups is 1. The van der Waals surface area contributed by atoms with Gasteiger partial charge in [-0.2, -0.15) is 0 Å². The molecule has 0 unspecified atom stereocenters. The molecule has 0 aliphatic heterocycles. The van der Waals surface area contributed by atoms with Crippen LogP contribution in [0, 0.1) is 17.1 Å². The van der Waals surface area contributed by atoms with Gasteiger partial charge in [0, 0.05) is 25.8 Å². The van der Waals surface area contributed by atoms with Crippen LogP contribution in [-0.4, -0.2) is 32.6 Å². The number of halogens is 1. The van der Waals surface area contributed by atoms with Crippen molar-refractivity contribution >= 4 is 11.5 Å². The number of anilines is 1. The third-order valence-electron chi connectivity index (χ3n) is 2.75. The zero-order valence-electron chi connectivity index (χ0n) is 11.7. The lowest BCUT2D eigenvalue weighted by Gasteiger charge is -2.27. The van der Waals surface area contributed by atoms with Crippen molar-refractivity contribution < 1.29 is 9.13 Å². The predicted octanol–water partition coefficient (Wildman–Crippen LogP) is 2.22. The summed E-state index contributed by atoms with van der Waals surface area (Å²) in [6, 6.07) is 4.64. The van der Waals surface area contributed by atoms with Crippen LogP contribution in [0.3, 0.4) is 0 Å². The molecule has 3 N–H and O–H groups in total. The predicted molar refractivity (Wildman–Crippen MR) is 76.3 cm³/mol.